The molecule has 3 nitrogen and oxygen atoms in total. The van der Waals surface area contributed by atoms with Crippen molar-refractivity contribution in [2.75, 3.05) is 7.05 Å². The Morgan fingerprint density at radius 1 is 1.47 bits per heavy atom. The number of hydrogen-bond acceptors (Lipinski definition) is 2. The Bertz CT molecular complexity index is 569. The standard InChI is InChI=1S/C14H15NO2/c1-4-14(16)15(3)9-12-10(2)17-13-8-6-5-7-11(12)13/h4-8H,1,9H2,2-3H3. The maximum absolute atomic E-state index is 11.5. The van der Waals surface area contributed by atoms with Crippen molar-refractivity contribution >= 4 is 16.9 Å². The van der Waals surface area contributed by atoms with Crippen LogP contribution in [0.5, 0.6) is 0 Å². The molecule has 2 rings (SSSR count). The number of nitrogens with zero attached hydrogens (tertiary/aromatic N) is 1. The number of amides is 1. The molecule has 0 N–H and O–H groups in total. The summed E-state index contributed by atoms with van der Waals surface area (Å²) in [5.74, 6) is 0.768. The molecule has 0 radical (unpaired) electrons. The minimum atomic E-state index is -0.0883. The number of likely N-dealkylation sites (N-methyl/N-ethyl adjacent to an activating group) is 1. The third kappa shape index (κ3) is 2.09. The van der Waals surface area contributed by atoms with E-state index < -0.39 is 0 Å². The number of hydrogen-bond donors (Lipinski definition) is 0. The predicted octanol–water partition coefficient (Wildman–Crippen LogP) is 2.89. The van der Waals surface area contributed by atoms with Crippen molar-refractivity contribution in [2.45, 2.75) is 13.5 Å². The van der Waals surface area contributed by atoms with E-state index in [1.165, 1.54) is 6.08 Å². The molecule has 1 aromatic heterocycles. The second-order valence-electron chi connectivity index (χ2n) is 4.03. The quantitative estimate of drug-likeness (QED) is 0.758. The van der Waals surface area contributed by atoms with Crippen LogP contribution in [0, 0.1) is 6.92 Å². The monoisotopic (exact) mass is 229 g/mol. The van der Waals surface area contributed by atoms with Gasteiger partial charge in [-0.1, -0.05) is 24.8 Å². The fourth-order valence-corrected chi connectivity index (χ4v) is 1.89. The van der Waals surface area contributed by atoms with Crippen molar-refractivity contribution in [2.24, 2.45) is 0 Å². The van der Waals surface area contributed by atoms with E-state index in [1.807, 2.05) is 31.2 Å². The Hall–Kier alpha value is -2.03. The van der Waals surface area contributed by atoms with E-state index in [4.69, 9.17) is 4.42 Å². The number of benzene rings is 1. The van der Waals surface area contributed by atoms with E-state index in [2.05, 4.69) is 6.58 Å². The van der Waals surface area contributed by atoms with Crippen molar-refractivity contribution in [3.8, 4) is 0 Å². The summed E-state index contributed by atoms with van der Waals surface area (Å²) in [5, 5.41) is 1.06. The van der Waals surface area contributed by atoms with Gasteiger partial charge in [0.1, 0.15) is 11.3 Å². The lowest BCUT2D eigenvalue weighted by Crippen LogP contribution is -2.24. The highest BCUT2D eigenvalue weighted by molar-refractivity contribution is 5.88. The number of aryl methyl sites for hydroxylation is 1. The molecule has 0 fully saturated rings. The van der Waals surface area contributed by atoms with Crippen LogP contribution in [0.25, 0.3) is 11.0 Å². The second kappa shape index (κ2) is 4.45. The summed E-state index contributed by atoms with van der Waals surface area (Å²) in [6, 6.07) is 7.85. The van der Waals surface area contributed by atoms with Gasteiger partial charge < -0.3 is 9.32 Å². The summed E-state index contributed by atoms with van der Waals surface area (Å²) in [6.45, 7) is 5.93. The van der Waals surface area contributed by atoms with Gasteiger partial charge in [0.25, 0.3) is 0 Å². The van der Waals surface area contributed by atoms with Crippen LogP contribution < -0.4 is 0 Å². The summed E-state index contributed by atoms with van der Waals surface area (Å²) in [5.41, 5.74) is 1.91. The number of fused-ring (bicyclic) bond motifs is 1. The first kappa shape index (κ1) is 11.5. The van der Waals surface area contributed by atoms with E-state index in [-0.39, 0.29) is 5.91 Å². The molecular formula is C14H15NO2. The van der Waals surface area contributed by atoms with Gasteiger partial charge in [-0.15, -0.1) is 0 Å². The van der Waals surface area contributed by atoms with Crippen molar-refractivity contribution in [3.63, 3.8) is 0 Å². The second-order valence-corrected chi connectivity index (χ2v) is 4.03. The van der Waals surface area contributed by atoms with Gasteiger partial charge in [-0.2, -0.15) is 0 Å². The molecule has 17 heavy (non-hydrogen) atoms. The fourth-order valence-electron chi connectivity index (χ4n) is 1.89. The number of carbonyl (C=O) groups is 1. The van der Waals surface area contributed by atoms with Crippen LogP contribution >= 0.6 is 0 Å². The number of carbonyl (C=O) groups excluding carboxylic acids is 1. The lowest BCUT2D eigenvalue weighted by atomic mass is 10.1. The van der Waals surface area contributed by atoms with Crippen molar-refractivity contribution in [1.29, 1.82) is 0 Å². The van der Waals surface area contributed by atoms with Gasteiger partial charge in [-0.3, -0.25) is 4.79 Å². The maximum atomic E-state index is 11.5. The van der Waals surface area contributed by atoms with Gasteiger partial charge in [0.2, 0.25) is 5.91 Å². The largest absolute Gasteiger partial charge is 0.461 e. The zero-order valence-electron chi connectivity index (χ0n) is 10.1. The molecule has 0 atom stereocenters. The number of furan rings is 1. The average molecular weight is 229 g/mol. The van der Waals surface area contributed by atoms with E-state index in [9.17, 15) is 4.79 Å². The molecule has 3 heteroatoms. The molecule has 0 aliphatic carbocycles. The lowest BCUT2D eigenvalue weighted by molar-refractivity contribution is -0.125. The summed E-state index contributed by atoms with van der Waals surface area (Å²) in [4.78, 5) is 13.1. The first-order chi connectivity index (χ1) is 8.13. The van der Waals surface area contributed by atoms with Crippen LogP contribution in [0.3, 0.4) is 0 Å². The van der Waals surface area contributed by atoms with E-state index in [1.54, 1.807) is 11.9 Å². The third-order valence-corrected chi connectivity index (χ3v) is 2.85. The average Bonchev–Trinajstić information content (AvgIpc) is 2.65. The Kier molecular flexibility index (Phi) is 3.00. The molecule has 88 valence electrons. The minimum absolute atomic E-state index is 0.0883. The van der Waals surface area contributed by atoms with Crippen LogP contribution in [-0.4, -0.2) is 17.9 Å². The van der Waals surface area contributed by atoms with E-state index in [0.29, 0.717) is 6.54 Å². The molecule has 0 saturated heterocycles. The Labute approximate surface area is 100 Å². The maximum Gasteiger partial charge on any atom is 0.245 e. The van der Waals surface area contributed by atoms with Crippen LogP contribution in [0.15, 0.2) is 41.3 Å². The smallest absolute Gasteiger partial charge is 0.245 e. The highest BCUT2D eigenvalue weighted by Gasteiger charge is 2.13. The molecule has 0 bridgehead atoms. The minimum Gasteiger partial charge on any atom is -0.461 e. The van der Waals surface area contributed by atoms with Crippen molar-refractivity contribution < 1.29 is 9.21 Å². The topological polar surface area (TPSA) is 33.5 Å². The molecule has 0 aliphatic heterocycles. The van der Waals surface area contributed by atoms with Crippen LogP contribution in [0.2, 0.25) is 0 Å². The van der Waals surface area contributed by atoms with Crippen LogP contribution in [0.1, 0.15) is 11.3 Å². The fraction of sp³-hybridized carbons (Fsp3) is 0.214. The Morgan fingerprint density at radius 3 is 2.88 bits per heavy atom. The Balaban J connectivity index is 2.38. The molecule has 2 aromatic rings. The normalized spacial score (nSPS) is 10.5. The predicted molar refractivity (Wildman–Crippen MR) is 67.6 cm³/mol. The highest BCUT2D eigenvalue weighted by Crippen LogP contribution is 2.26. The van der Waals surface area contributed by atoms with Gasteiger partial charge in [-0.05, 0) is 19.1 Å². The first-order valence-corrected chi connectivity index (χ1v) is 5.48. The summed E-state index contributed by atoms with van der Waals surface area (Å²) in [7, 11) is 1.76. The summed E-state index contributed by atoms with van der Waals surface area (Å²) in [6.07, 6.45) is 1.32. The number of rotatable bonds is 3. The Morgan fingerprint density at radius 2 is 2.18 bits per heavy atom. The van der Waals surface area contributed by atoms with Gasteiger partial charge in [0, 0.05) is 24.5 Å². The highest BCUT2D eigenvalue weighted by atomic mass is 16.3. The van der Waals surface area contributed by atoms with Gasteiger partial charge in [0.05, 0.1) is 0 Å². The van der Waals surface area contributed by atoms with Crippen LogP contribution in [0.4, 0.5) is 0 Å². The molecular weight excluding hydrogens is 214 g/mol. The molecule has 0 spiro atoms. The van der Waals surface area contributed by atoms with Gasteiger partial charge in [0.15, 0.2) is 0 Å². The molecule has 0 saturated carbocycles. The molecule has 1 amide bonds. The van der Waals surface area contributed by atoms with Crippen LogP contribution in [-0.2, 0) is 11.3 Å². The first-order valence-electron chi connectivity index (χ1n) is 5.48. The van der Waals surface area contributed by atoms with Gasteiger partial charge in [-0.25, -0.2) is 0 Å². The number of para-hydroxylation sites is 1. The third-order valence-electron chi connectivity index (χ3n) is 2.85. The van der Waals surface area contributed by atoms with Crippen molar-refractivity contribution in [1.82, 2.24) is 4.90 Å². The summed E-state index contributed by atoms with van der Waals surface area (Å²) >= 11 is 0. The zero-order valence-corrected chi connectivity index (χ0v) is 10.1. The molecule has 1 aromatic carbocycles. The van der Waals surface area contributed by atoms with E-state index in [0.717, 1.165) is 22.3 Å². The SMILES string of the molecule is C=CC(=O)N(C)Cc1c(C)oc2ccccc12. The summed E-state index contributed by atoms with van der Waals surface area (Å²) < 4.78 is 5.65. The van der Waals surface area contributed by atoms with E-state index >= 15 is 0 Å². The van der Waals surface area contributed by atoms with Gasteiger partial charge >= 0.3 is 0 Å². The molecule has 1 heterocycles. The molecule has 0 unspecified atom stereocenters. The van der Waals surface area contributed by atoms with Crippen molar-refractivity contribution in [3.05, 3.63) is 48.2 Å². The lowest BCUT2D eigenvalue weighted by Gasteiger charge is -2.14. The zero-order chi connectivity index (χ0) is 12.4. The molecule has 0 aliphatic rings.